The first-order chi connectivity index (χ1) is 8.70. The molecule has 0 spiro atoms. The number of hydrogen-bond acceptors (Lipinski definition) is 5. The van der Waals surface area contributed by atoms with E-state index in [4.69, 9.17) is 5.73 Å². The summed E-state index contributed by atoms with van der Waals surface area (Å²) in [6, 6.07) is 2.40. The van der Waals surface area contributed by atoms with Gasteiger partial charge < -0.3 is 21.1 Å². The van der Waals surface area contributed by atoms with E-state index in [1.165, 1.54) is 0 Å². The lowest BCUT2D eigenvalue weighted by Gasteiger charge is -2.31. The molecule has 6 nitrogen and oxygen atoms in total. The third-order valence-corrected chi connectivity index (χ3v) is 3.10. The molecule has 0 bridgehead atoms. The van der Waals surface area contributed by atoms with E-state index < -0.39 is 12.1 Å². The zero-order valence-electron chi connectivity index (χ0n) is 11.3. The van der Waals surface area contributed by atoms with Gasteiger partial charge in [-0.1, -0.05) is 0 Å². The smallest absolute Gasteiger partial charge is 0.242 e. The molecule has 0 radical (unpaired) electrons. The van der Waals surface area contributed by atoms with Gasteiger partial charge in [-0.3, -0.25) is 9.78 Å². The summed E-state index contributed by atoms with van der Waals surface area (Å²) >= 11 is 0. The summed E-state index contributed by atoms with van der Waals surface area (Å²) < 4.78 is 0. The lowest BCUT2D eigenvalue weighted by molar-refractivity contribution is -0.135. The Bertz CT molecular complexity index is 405. The predicted molar refractivity (Wildman–Crippen MR) is 88.4 cm³/mol. The molecule has 9 heteroatoms. The van der Waals surface area contributed by atoms with Crippen molar-refractivity contribution in [1.82, 2.24) is 15.2 Å². The monoisotopic (exact) mass is 358 g/mol. The van der Waals surface area contributed by atoms with Gasteiger partial charge in [-0.25, -0.2) is 0 Å². The predicted octanol–water partition coefficient (Wildman–Crippen LogP) is 0.139. The Kier molecular flexibility index (Phi) is 11.9. The maximum atomic E-state index is 12.1. The van der Waals surface area contributed by atoms with E-state index in [1.54, 1.807) is 29.4 Å². The number of rotatable bonds is 3. The molecule has 122 valence electrons. The number of carbonyl (C=O) groups is 1. The standard InChI is InChI=1S/C12H18N4O2.3ClH/c13-10(11(17)9-1-3-14-4-2-9)12(18)16-7-5-15-6-8-16;;;/h1-4,10-11,15,17H,5-8,13H2;3*1H. The molecule has 1 aromatic heterocycles. The second-order valence-electron chi connectivity index (χ2n) is 4.33. The fourth-order valence-electron chi connectivity index (χ4n) is 2.00. The van der Waals surface area contributed by atoms with Crippen LogP contribution in [-0.4, -0.2) is 53.1 Å². The van der Waals surface area contributed by atoms with Crippen molar-refractivity contribution in [3.63, 3.8) is 0 Å². The zero-order valence-corrected chi connectivity index (χ0v) is 13.8. The molecule has 0 aromatic carbocycles. The van der Waals surface area contributed by atoms with Crippen LogP contribution in [0.4, 0.5) is 0 Å². The SMILES string of the molecule is Cl.Cl.Cl.NC(C(=O)N1CCNCC1)C(O)c1ccncc1. The maximum Gasteiger partial charge on any atom is 0.242 e. The summed E-state index contributed by atoms with van der Waals surface area (Å²) in [5.74, 6) is -0.208. The molecule has 1 fully saturated rings. The highest BCUT2D eigenvalue weighted by molar-refractivity contribution is 5.86. The molecular formula is C12H21Cl3N4O2. The van der Waals surface area contributed by atoms with Crippen LogP contribution in [0.5, 0.6) is 0 Å². The van der Waals surface area contributed by atoms with Crippen LogP contribution in [0, 0.1) is 0 Å². The average Bonchev–Trinajstić information content (AvgIpc) is 2.47. The van der Waals surface area contributed by atoms with Crippen molar-refractivity contribution in [2.45, 2.75) is 12.1 Å². The number of halogens is 3. The molecule has 2 heterocycles. The summed E-state index contributed by atoms with van der Waals surface area (Å²) in [4.78, 5) is 17.7. The maximum absolute atomic E-state index is 12.1. The fraction of sp³-hybridized carbons (Fsp3) is 0.500. The highest BCUT2D eigenvalue weighted by Gasteiger charge is 2.28. The van der Waals surface area contributed by atoms with Crippen molar-refractivity contribution in [2.24, 2.45) is 5.73 Å². The minimum Gasteiger partial charge on any atom is -0.386 e. The van der Waals surface area contributed by atoms with E-state index in [2.05, 4.69) is 10.3 Å². The first-order valence-corrected chi connectivity index (χ1v) is 6.03. The third-order valence-electron chi connectivity index (χ3n) is 3.10. The van der Waals surface area contributed by atoms with Crippen LogP contribution in [-0.2, 0) is 4.79 Å². The zero-order chi connectivity index (χ0) is 13.0. The first-order valence-electron chi connectivity index (χ1n) is 6.03. The number of aliphatic hydroxyl groups excluding tert-OH is 1. The van der Waals surface area contributed by atoms with E-state index in [9.17, 15) is 9.90 Å². The van der Waals surface area contributed by atoms with Gasteiger partial charge in [-0.2, -0.15) is 0 Å². The van der Waals surface area contributed by atoms with Crippen molar-refractivity contribution in [1.29, 1.82) is 0 Å². The number of nitrogens with zero attached hydrogens (tertiary/aromatic N) is 2. The van der Waals surface area contributed by atoms with E-state index in [0.717, 1.165) is 13.1 Å². The van der Waals surface area contributed by atoms with E-state index in [-0.39, 0.29) is 43.1 Å². The Hall–Kier alpha value is -0.630. The number of pyridine rings is 1. The molecule has 1 aliphatic heterocycles. The molecule has 1 aliphatic rings. The number of aliphatic hydroxyl groups is 1. The van der Waals surface area contributed by atoms with Crippen molar-refractivity contribution in [3.8, 4) is 0 Å². The Labute approximate surface area is 142 Å². The molecule has 4 N–H and O–H groups in total. The Morgan fingerprint density at radius 2 is 1.76 bits per heavy atom. The van der Waals surface area contributed by atoms with Crippen molar-refractivity contribution in [3.05, 3.63) is 30.1 Å². The number of nitrogens with two attached hydrogens (primary N) is 1. The van der Waals surface area contributed by atoms with Crippen LogP contribution >= 0.6 is 37.2 Å². The van der Waals surface area contributed by atoms with Gasteiger partial charge in [0.25, 0.3) is 0 Å². The molecule has 21 heavy (non-hydrogen) atoms. The minimum atomic E-state index is -0.990. The average molecular weight is 360 g/mol. The van der Waals surface area contributed by atoms with Gasteiger partial charge >= 0.3 is 0 Å². The van der Waals surface area contributed by atoms with Gasteiger partial charge in [0.2, 0.25) is 5.91 Å². The lowest BCUT2D eigenvalue weighted by atomic mass is 10.0. The van der Waals surface area contributed by atoms with Gasteiger partial charge in [0, 0.05) is 38.6 Å². The molecule has 0 aliphatic carbocycles. The van der Waals surface area contributed by atoms with Crippen molar-refractivity contribution < 1.29 is 9.90 Å². The van der Waals surface area contributed by atoms with Gasteiger partial charge in [0.15, 0.2) is 0 Å². The number of carbonyl (C=O) groups excluding carboxylic acids is 1. The van der Waals surface area contributed by atoms with Crippen molar-refractivity contribution in [2.75, 3.05) is 26.2 Å². The summed E-state index contributed by atoms with van der Waals surface area (Å²) in [5.41, 5.74) is 6.45. The lowest BCUT2D eigenvalue weighted by Crippen LogP contribution is -2.53. The molecule has 1 aromatic rings. The van der Waals surface area contributed by atoms with Gasteiger partial charge in [0.1, 0.15) is 12.1 Å². The normalized spacial score (nSPS) is 16.6. The second-order valence-corrected chi connectivity index (χ2v) is 4.33. The number of nitrogens with one attached hydrogen (secondary N) is 1. The van der Waals surface area contributed by atoms with E-state index in [1.807, 2.05) is 0 Å². The highest BCUT2D eigenvalue weighted by Crippen LogP contribution is 2.16. The molecular weight excluding hydrogens is 339 g/mol. The largest absolute Gasteiger partial charge is 0.386 e. The molecule has 0 saturated carbocycles. The Morgan fingerprint density at radius 3 is 2.29 bits per heavy atom. The number of hydrogen-bond donors (Lipinski definition) is 3. The van der Waals surface area contributed by atoms with Gasteiger partial charge in [-0.15, -0.1) is 37.2 Å². The third kappa shape index (κ3) is 5.94. The van der Waals surface area contributed by atoms with Crippen LogP contribution in [0.2, 0.25) is 0 Å². The Morgan fingerprint density at radius 1 is 1.24 bits per heavy atom. The Balaban J connectivity index is 0. The van der Waals surface area contributed by atoms with Crippen LogP contribution in [0.3, 0.4) is 0 Å². The summed E-state index contributed by atoms with van der Waals surface area (Å²) in [7, 11) is 0. The van der Waals surface area contributed by atoms with Gasteiger partial charge in [0.05, 0.1) is 0 Å². The molecule has 2 atom stereocenters. The quantitative estimate of drug-likeness (QED) is 0.714. The number of aromatic nitrogens is 1. The van der Waals surface area contributed by atoms with E-state index in [0.29, 0.717) is 18.7 Å². The van der Waals surface area contributed by atoms with Gasteiger partial charge in [-0.05, 0) is 17.7 Å². The summed E-state index contributed by atoms with van der Waals surface area (Å²) in [5, 5.41) is 13.2. The number of amides is 1. The van der Waals surface area contributed by atoms with Crippen LogP contribution in [0.15, 0.2) is 24.5 Å². The highest BCUT2D eigenvalue weighted by atomic mass is 35.5. The molecule has 2 rings (SSSR count). The number of piperazine rings is 1. The van der Waals surface area contributed by atoms with Crippen molar-refractivity contribution >= 4 is 43.1 Å². The molecule has 2 unspecified atom stereocenters. The van der Waals surface area contributed by atoms with Crippen LogP contribution < -0.4 is 11.1 Å². The molecule has 1 amide bonds. The minimum absolute atomic E-state index is 0. The first kappa shape index (κ1) is 22.6. The second kappa shape index (κ2) is 11.0. The topological polar surface area (TPSA) is 91.5 Å². The van der Waals surface area contributed by atoms with E-state index >= 15 is 0 Å². The summed E-state index contributed by atoms with van der Waals surface area (Å²) in [6.45, 7) is 2.80. The van der Waals surface area contributed by atoms with Crippen LogP contribution in [0.1, 0.15) is 11.7 Å². The molecule has 1 saturated heterocycles. The fourth-order valence-corrected chi connectivity index (χ4v) is 2.00. The summed E-state index contributed by atoms with van der Waals surface area (Å²) in [6.07, 6.45) is 2.15. The van der Waals surface area contributed by atoms with Crippen LogP contribution in [0.25, 0.3) is 0 Å².